The van der Waals surface area contributed by atoms with E-state index in [1.54, 1.807) is 0 Å². The third-order valence-corrected chi connectivity index (χ3v) is 2.69. The van der Waals surface area contributed by atoms with Crippen LogP contribution in [0.15, 0.2) is 18.2 Å². The summed E-state index contributed by atoms with van der Waals surface area (Å²) in [4.78, 5) is 0. The second-order valence-corrected chi connectivity index (χ2v) is 4.41. The molecule has 0 aliphatic rings. The standard InChI is InChI=1S/C14H21F2NO/c1-3-17-11(2)6-4-5-7-18-14-9-12(15)8-13(16)10-14/h8-11,17H,3-7H2,1-2H3. The Morgan fingerprint density at radius 2 is 1.83 bits per heavy atom. The smallest absolute Gasteiger partial charge is 0.129 e. The molecule has 1 N–H and O–H groups in total. The van der Waals surface area contributed by atoms with Gasteiger partial charge in [0.1, 0.15) is 17.4 Å². The van der Waals surface area contributed by atoms with Crippen LogP contribution in [-0.2, 0) is 0 Å². The van der Waals surface area contributed by atoms with Gasteiger partial charge in [0.15, 0.2) is 0 Å². The molecule has 102 valence electrons. The van der Waals surface area contributed by atoms with E-state index in [0.29, 0.717) is 12.6 Å². The van der Waals surface area contributed by atoms with Crippen LogP contribution in [0.3, 0.4) is 0 Å². The molecule has 1 unspecified atom stereocenters. The monoisotopic (exact) mass is 257 g/mol. The van der Waals surface area contributed by atoms with Crippen LogP contribution >= 0.6 is 0 Å². The quantitative estimate of drug-likeness (QED) is 0.719. The minimum Gasteiger partial charge on any atom is -0.493 e. The zero-order chi connectivity index (χ0) is 13.4. The lowest BCUT2D eigenvalue weighted by atomic mass is 10.1. The van der Waals surface area contributed by atoms with E-state index in [1.807, 2.05) is 0 Å². The van der Waals surface area contributed by atoms with Crippen molar-refractivity contribution in [2.75, 3.05) is 13.2 Å². The average Bonchev–Trinajstić information content (AvgIpc) is 2.27. The zero-order valence-corrected chi connectivity index (χ0v) is 11.0. The molecule has 0 saturated heterocycles. The number of hydrogen-bond acceptors (Lipinski definition) is 2. The largest absolute Gasteiger partial charge is 0.493 e. The summed E-state index contributed by atoms with van der Waals surface area (Å²) in [7, 11) is 0. The topological polar surface area (TPSA) is 21.3 Å². The first kappa shape index (κ1) is 14.9. The molecule has 0 heterocycles. The second kappa shape index (κ2) is 8.03. The summed E-state index contributed by atoms with van der Waals surface area (Å²) in [5.74, 6) is -0.955. The van der Waals surface area contributed by atoms with Gasteiger partial charge in [-0.15, -0.1) is 0 Å². The van der Waals surface area contributed by atoms with Crippen molar-refractivity contribution < 1.29 is 13.5 Å². The normalized spacial score (nSPS) is 12.4. The van der Waals surface area contributed by atoms with Crippen LogP contribution in [-0.4, -0.2) is 19.2 Å². The van der Waals surface area contributed by atoms with Crippen molar-refractivity contribution in [3.05, 3.63) is 29.8 Å². The Morgan fingerprint density at radius 3 is 2.44 bits per heavy atom. The predicted octanol–water partition coefficient (Wildman–Crippen LogP) is 3.51. The number of hydrogen-bond donors (Lipinski definition) is 1. The maximum Gasteiger partial charge on any atom is 0.129 e. The van der Waals surface area contributed by atoms with E-state index in [9.17, 15) is 8.78 Å². The van der Waals surface area contributed by atoms with Gasteiger partial charge in [0.05, 0.1) is 6.61 Å². The van der Waals surface area contributed by atoms with Gasteiger partial charge in [-0.2, -0.15) is 0 Å². The van der Waals surface area contributed by atoms with Crippen molar-refractivity contribution in [3.8, 4) is 5.75 Å². The van der Waals surface area contributed by atoms with Gasteiger partial charge in [-0.05, 0) is 32.7 Å². The minimum absolute atomic E-state index is 0.257. The molecule has 0 saturated carbocycles. The first-order valence-corrected chi connectivity index (χ1v) is 6.44. The summed E-state index contributed by atoms with van der Waals surface area (Å²) in [6.07, 6.45) is 2.99. The molecule has 0 bridgehead atoms. The number of benzene rings is 1. The van der Waals surface area contributed by atoms with Gasteiger partial charge in [-0.1, -0.05) is 6.92 Å². The van der Waals surface area contributed by atoms with Crippen LogP contribution in [0.25, 0.3) is 0 Å². The molecule has 18 heavy (non-hydrogen) atoms. The zero-order valence-electron chi connectivity index (χ0n) is 11.0. The average molecular weight is 257 g/mol. The highest BCUT2D eigenvalue weighted by atomic mass is 19.1. The number of unbranched alkanes of at least 4 members (excludes halogenated alkanes) is 1. The second-order valence-electron chi connectivity index (χ2n) is 4.41. The summed E-state index contributed by atoms with van der Waals surface area (Å²) in [6, 6.07) is 3.74. The molecule has 0 aliphatic heterocycles. The Kier molecular flexibility index (Phi) is 6.65. The molecule has 4 heteroatoms. The predicted molar refractivity (Wildman–Crippen MR) is 68.8 cm³/mol. The molecule has 0 amide bonds. The van der Waals surface area contributed by atoms with Crippen LogP contribution in [0.5, 0.6) is 5.75 Å². The molecule has 0 spiro atoms. The molecule has 1 aromatic rings. The Hall–Kier alpha value is -1.16. The molecule has 1 rings (SSSR count). The minimum atomic E-state index is -0.606. The molecule has 0 fully saturated rings. The van der Waals surface area contributed by atoms with Gasteiger partial charge in [0.2, 0.25) is 0 Å². The first-order valence-electron chi connectivity index (χ1n) is 6.44. The summed E-state index contributed by atoms with van der Waals surface area (Å²) in [5.41, 5.74) is 0. The Morgan fingerprint density at radius 1 is 1.17 bits per heavy atom. The van der Waals surface area contributed by atoms with Crippen molar-refractivity contribution >= 4 is 0 Å². The number of ether oxygens (including phenoxy) is 1. The molecular weight excluding hydrogens is 236 g/mol. The molecule has 2 nitrogen and oxygen atoms in total. The van der Waals surface area contributed by atoms with E-state index in [1.165, 1.54) is 12.1 Å². The van der Waals surface area contributed by atoms with Gasteiger partial charge < -0.3 is 10.1 Å². The fourth-order valence-corrected chi connectivity index (χ4v) is 1.80. The Labute approximate surface area is 107 Å². The van der Waals surface area contributed by atoms with E-state index in [0.717, 1.165) is 31.9 Å². The van der Waals surface area contributed by atoms with Crippen LogP contribution in [0.1, 0.15) is 33.1 Å². The third-order valence-electron chi connectivity index (χ3n) is 2.69. The third kappa shape index (κ3) is 5.96. The SMILES string of the molecule is CCNC(C)CCCCOc1cc(F)cc(F)c1. The van der Waals surface area contributed by atoms with Crippen LogP contribution in [0, 0.1) is 11.6 Å². The van der Waals surface area contributed by atoms with Gasteiger partial charge in [-0.3, -0.25) is 0 Å². The van der Waals surface area contributed by atoms with E-state index < -0.39 is 11.6 Å². The lowest BCUT2D eigenvalue weighted by Gasteiger charge is -2.12. The number of halogens is 2. The fourth-order valence-electron chi connectivity index (χ4n) is 1.80. The molecule has 1 atom stereocenters. The van der Waals surface area contributed by atoms with Crippen LogP contribution in [0.2, 0.25) is 0 Å². The highest BCUT2D eigenvalue weighted by Gasteiger charge is 2.02. The molecular formula is C14H21F2NO. The summed E-state index contributed by atoms with van der Waals surface area (Å²) in [6.45, 7) is 5.69. The van der Waals surface area contributed by atoms with Gasteiger partial charge in [0.25, 0.3) is 0 Å². The molecule has 1 aromatic carbocycles. The van der Waals surface area contributed by atoms with Crippen molar-refractivity contribution in [2.45, 2.75) is 39.2 Å². The van der Waals surface area contributed by atoms with Crippen molar-refractivity contribution in [3.63, 3.8) is 0 Å². The maximum absolute atomic E-state index is 12.9. The molecule has 0 aliphatic carbocycles. The van der Waals surface area contributed by atoms with E-state index in [-0.39, 0.29) is 5.75 Å². The van der Waals surface area contributed by atoms with E-state index in [4.69, 9.17) is 4.74 Å². The lowest BCUT2D eigenvalue weighted by Crippen LogP contribution is -2.25. The lowest BCUT2D eigenvalue weighted by molar-refractivity contribution is 0.299. The Bertz CT molecular complexity index is 337. The molecule has 0 radical (unpaired) electrons. The Balaban J connectivity index is 2.17. The maximum atomic E-state index is 12.9. The summed E-state index contributed by atoms with van der Waals surface area (Å²) in [5, 5.41) is 3.33. The fraction of sp³-hybridized carbons (Fsp3) is 0.571. The van der Waals surface area contributed by atoms with Crippen LogP contribution < -0.4 is 10.1 Å². The number of rotatable bonds is 8. The summed E-state index contributed by atoms with van der Waals surface area (Å²) < 4.78 is 31.0. The van der Waals surface area contributed by atoms with Crippen molar-refractivity contribution in [2.24, 2.45) is 0 Å². The first-order chi connectivity index (χ1) is 8.61. The van der Waals surface area contributed by atoms with Crippen molar-refractivity contribution in [1.82, 2.24) is 5.32 Å². The van der Waals surface area contributed by atoms with Gasteiger partial charge in [-0.25, -0.2) is 8.78 Å². The van der Waals surface area contributed by atoms with Crippen LogP contribution in [0.4, 0.5) is 8.78 Å². The van der Waals surface area contributed by atoms with E-state index >= 15 is 0 Å². The van der Waals surface area contributed by atoms with Gasteiger partial charge in [0, 0.05) is 24.2 Å². The van der Waals surface area contributed by atoms with Crippen molar-refractivity contribution in [1.29, 1.82) is 0 Å². The number of nitrogens with one attached hydrogen (secondary N) is 1. The highest BCUT2D eigenvalue weighted by Crippen LogP contribution is 2.15. The molecule has 0 aromatic heterocycles. The highest BCUT2D eigenvalue weighted by molar-refractivity contribution is 5.23. The summed E-state index contributed by atoms with van der Waals surface area (Å²) >= 11 is 0. The van der Waals surface area contributed by atoms with E-state index in [2.05, 4.69) is 19.2 Å². The van der Waals surface area contributed by atoms with Gasteiger partial charge >= 0.3 is 0 Å².